The van der Waals surface area contributed by atoms with Crippen molar-refractivity contribution in [2.45, 2.75) is 30.7 Å². The van der Waals surface area contributed by atoms with Crippen molar-refractivity contribution >= 4 is 40.2 Å². The topological polar surface area (TPSA) is 59.3 Å². The molecule has 0 bridgehead atoms. The first kappa shape index (κ1) is 15.4. The predicted octanol–water partition coefficient (Wildman–Crippen LogP) is 3.48. The van der Waals surface area contributed by atoms with Gasteiger partial charge in [-0.3, -0.25) is 9.59 Å². The van der Waals surface area contributed by atoms with Gasteiger partial charge in [-0.2, -0.15) is 0 Å². The number of aryl methyl sites for hydroxylation is 1. The van der Waals surface area contributed by atoms with Crippen molar-refractivity contribution in [2.75, 3.05) is 5.75 Å². The summed E-state index contributed by atoms with van der Waals surface area (Å²) in [5.74, 6) is -0.873. The van der Waals surface area contributed by atoms with E-state index in [0.717, 1.165) is 6.07 Å². The molecule has 1 N–H and O–H groups in total. The number of carboxylic acid groups (broad SMARTS) is 1. The fourth-order valence-corrected chi connectivity index (χ4v) is 4.12. The maximum atomic E-state index is 14.0. The number of halogens is 2. The zero-order valence-corrected chi connectivity index (χ0v) is 13.3. The lowest BCUT2D eigenvalue weighted by molar-refractivity contribution is -0.136. The van der Waals surface area contributed by atoms with Crippen molar-refractivity contribution in [3.05, 3.63) is 38.9 Å². The number of carbonyl (C=O) groups is 1. The van der Waals surface area contributed by atoms with Gasteiger partial charge in [0.1, 0.15) is 5.82 Å². The third kappa shape index (κ3) is 2.40. The molecule has 4 nitrogen and oxygen atoms in total. The Bertz CT molecular complexity index is 849. The van der Waals surface area contributed by atoms with Crippen molar-refractivity contribution in [3.63, 3.8) is 0 Å². The highest BCUT2D eigenvalue weighted by atomic mass is 35.5. The minimum Gasteiger partial charge on any atom is -0.481 e. The van der Waals surface area contributed by atoms with Crippen LogP contribution in [0.25, 0.3) is 10.9 Å². The number of pyridine rings is 1. The molecule has 0 fully saturated rings. The Kier molecular flexibility index (Phi) is 3.91. The number of aromatic nitrogens is 1. The first-order chi connectivity index (χ1) is 10.4. The van der Waals surface area contributed by atoms with Crippen LogP contribution in [-0.4, -0.2) is 21.4 Å². The van der Waals surface area contributed by atoms with Gasteiger partial charge in [-0.05, 0) is 19.4 Å². The Morgan fingerprint density at radius 2 is 2.32 bits per heavy atom. The third-order valence-electron chi connectivity index (χ3n) is 3.79. The van der Waals surface area contributed by atoms with Gasteiger partial charge in [-0.1, -0.05) is 11.6 Å². The molecule has 0 amide bonds. The van der Waals surface area contributed by atoms with E-state index in [1.807, 2.05) is 11.5 Å². The summed E-state index contributed by atoms with van der Waals surface area (Å²) in [6.07, 6.45) is 1.69. The molecule has 2 aromatic rings. The molecule has 0 aliphatic carbocycles. The van der Waals surface area contributed by atoms with Gasteiger partial charge in [0.2, 0.25) is 0 Å². The van der Waals surface area contributed by atoms with Crippen molar-refractivity contribution in [3.8, 4) is 0 Å². The molecule has 1 atom stereocenters. The normalized spacial score (nSPS) is 17.0. The van der Waals surface area contributed by atoms with Crippen LogP contribution in [0.15, 0.2) is 22.0 Å². The van der Waals surface area contributed by atoms with E-state index in [2.05, 4.69) is 0 Å². The van der Waals surface area contributed by atoms with Crippen LogP contribution in [0.5, 0.6) is 0 Å². The largest absolute Gasteiger partial charge is 0.481 e. The number of thioether (sulfide) groups is 1. The summed E-state index contributed by atoms with van der Waals surface area (Å²) in [7, 11) is 0. The summed E-state index contributed by atoms with van der Waals surface area (Å²) >= 11 is 7.47. The number of rotatable bonds is 3. The molecule has 1 aliphatic heterocycles. The number of carboxylic acids is 1. The van der Waals surface area contributed by atoms with E-state index in [-0.39, 0.29) is 34.7 Å². The number of hydrogen-bond donors (Lipinski definition) is 1. The summed E-state index contributed by atoms with van der Waals surface area (Å²) < 4.78 is 15.9. The van der Waals surface area contributed by atoms with Gasteiger partial charge in [0.25, 0.3) is 0 Å². The molecule has 0 saturated carbocycles. The maximum absolute atomic E-state index is 14.0. The fraction of sp³-hybridized carbons (Fsp3) is 0.333. The van der Waals surface area contributed by atoms with E-state index >= 15 is 0 Å². The lowest BCUT2D eigenvalue weighted by atomic mass is 10.1. The zero-order valence-electron chi connectivity index (χ0n) is 11.7. The quantitative estimate of drug-likeness (QED) is 0.928. The molecule has 2 heterocycles. The molecule has 116 valence electrons. The Morgan fingerprint density at radius 1 is 1.59 bits per heavy atom. The number of aliphatic carboxylic acids is 1. The van der Waals surface area contributed by atoms with E-state index in [1.54, 1.807) is 6.20 Å². The van der Waals surface area contributed by atoms with E-state index in [0.29, 0.717) is 21.7 Å². The molecular weight excluding hydrogens is 329 g/mol. The van der Waals surface area contributed by atoms with Crippen molar-refractivity contribution in [1.29, 1.82) is 0 Å². The smallest absolute Gasteiger partial charge is 0.303 e. The molecule has 7 heteroatoms. The van der Waals surface area contributed by atoms with Gasteiger partial charge in [0.15, 0.2) is 5.43 Å². The van der Waals surface area contributed by atoms with Crippen LogP contribution < -0.4 is 5.43 Å². The van der Waals surface area contributed by atoms with Gasteiger partial charge >= 0.3 is 5.97 Å². The van der Waals surface area contributed by atoms with Crippen LogP contribution >= 0.6 is 23.4 Å². The molecule has 1 aliphatic rings. The van der Waals surface area contributed by atoms with Gasteiger partial charge < -0.3 is 9.67 Å². The Morgan fingerprint density at radius 3 is 3.00 bits per heavy atom. The number of benzene rings is 1. The summed E-state index contributed by atoms with van der Waals surface area (Å²) in [5.41, 5.74) is 0.708. The molecule has 1 aromatic heterocycles. The lowest BCUT2D eigenvalue weighted by Gasteiger charge is -2.27. The lowest BCUT2D eigenvalue weighted by Crippen LogP contribution is -2.22. The minimum atomic E-state index is -0.968. The van der Waals surface area contributed by atoms with Gasteiger partial charge in [-0.25, -0.2) is 4.39 Å². The van der Waals surface area contributed by atoms with E-state index in [4.69, 9.17) is 16.7 Å². The molecule has 22 heavy (non-hydrogen) atoms. The highest BCUT2D eigenvalue weighted by Crippen LogP contribution is 2.41. The summed E-state index contributed by atoms with van der Waals surface area (Å²) in [6, 6.07) is 1.27. The Labute approximate surface area is 134 Å². The molecule has 0 saturated heterocycles. The van der Waals surface area contributed by atoms with Gasteiger partial charge in [-0.15, -0.1) is 11.8 Å². The Hall–Kier alpha value is -1.53. The zero-order chi connectivity index (χ0) is 16.0. The second-order valence-electron chi connectivity index (χ2n) is 5.34. The molecule has 3 rings (SSSR count). The van der Waals surface area contributed by atoms with Crippen LogP contribution in [-0.2, 0) is 11.2 Å². The average Bonchev–Trinajstić information content (AvgIpc) is 2.47. The summed E-state index contributed by atoms with van der Waals surface area (Å²) in [6.45, 7) is 2.00. The summed E-state index contributed by atoms with van der Waals surface area (Å²) in [4.78, 5) is 23.9. The highest BCUT2D eigenvalue weighted by molar-refractivity contribution is 7.99. The van der Waals surface area contributed by atoms with Crippen LogP contribution in [0.2, 0.25) is 5.02 Å². The van der Waals surface area contributed by atoms with E-state index in [1.165, 1.54) is 11.8 Å². The fourth-order valence-electron chi connectivity index (χ4n) is 2.67. The second-order valence-corrected chi connectivity index (χ2v) is 6.75. The standard InChI is InChI=1S/C15H13ClFNO3S/c1-7-6-22-15-12(16)10(17)4-9-13(15)18(7)5-8(14(9)21)2-3-11(19)20/h4-5,7H,2-3,6H2,1H3,(H,19,20). The van der Waals surface area contributed by atoms with Gasteiger partial charge in [0.05, 0.1) is 20.8 Å². The van der Waals surface area contributed by atoms with E-state index < -0.39 is 11.8 Å². The van der Waals surface area contributed by atoms with Crippen molar-refractivity contribution in [1.82, 2.24) is 4.57 Å². The predicted molar refractivity (Wildman–Crippen MR) is 84.6 cm³/mol. The Balaban J connectivity index is 2.32. The van der Waals surface area contributed by atoms with Crippen LogP contribution in [0.4, 0.5) is 4.39 Å². The molecule has 1 unspecified atom stereocenters. The number of nitrogens with zero attached hydrogens (tertiary/aromatic N) is 1. The number of hydrogen-bond acceptors (Lipinski definition) is 3. The minimum absolute atomic E-state index is 0.0378. The maximum Gasteiger partial charge on any atom is 0.303 e. The first-order valence-electron chi connectivity index (χ1n) is 6.80. The first-order valence-corrected chi connectivity index (χ1v) is 8.16. The van der Waals surface area contributed by atoms with Crippen molar-refractivity contribution in [2.24, 2.45) is 0 Å². The summed E-state index contributed by atoms with van der Waals surface area (Å²) in [5, 5.41) is 9.10. The van der Waals surface area contributed by atoms with Crippen molar-refractivity contribution < 1.29 is 14.3 Å². The van der Waals surface area contributed by atoms with Gasteiger partial charge in [0, 0.05) is 30.0 Å². The SMILES string of the molecule is CC1CSc2c(Cl)c(F)cc3c(=O)c(CCC(=O)O)cn1c23. The molecule has 0 spiro atoms. The average molecular weight is 342 g/mol. The molecule has 1 aromatic carbocycles. The third-order valence-corrected chi connectivity index (χ3v) is 5.61. The molecular formula is C15H13ClFNO3S. The van der Waals surface area contributed by atoms with Crippen LogP contribution in [0, 0.1) is 5.82 Å². The monoisotopic (exact) mass is 341 g/mol. The van der Waals surface area contributed by atoms with Crippen LogP contribution in [0.1, 0.15) is 24.9 Å². The molecule has 0 radical (unpaired) electrons. The highest BCUT2D eigenvalue weighted by Gasteiger charge is 2.25. The van der Waals surface area contributed by atoms with E-state index in [9.17, 15) is 14.0 Å². The van der Waals surface area contributed by atoms with Crippen LogP contribution in [0.3, 0.4) is 0 Å². The second kappa shape index (κ2) is 5.59.